The van der Waals surface area contributed by atoms with E-state index in [9.17, 15) is 0 Å². The van der Waals surface area contributed by atoms with Crippen LogP contribution in [0.25, 0.3) is 0 Å². The predicted molar refractivity (Wildman–Crippen MR) is 89.4 cm³/mol. The molecule has 2 aliphatic rings. The fourth-order valence-corrected chi connectivity index (χ4v) is 3.61. The standard InChI is InChI=1S/C19H30N2/c1-15(2)14-19(16-6-4-3-5-7-16)20-17-10-12-21(13-11-17)18-8-9-18/h3-7,15,17-20H,8-14H2,1-2H3. The molecule has 0 amide bonds. The topological polar surface area (TPSA) is 15.3 Å². The third-order valence-electron chi connectivity index (χ3n) is 4.94. The molecule has 1 heterocycles. The first-order valence-electron chi connectivity index (χ1n) is 8.77. The molecule has 3 rings (SSSR count). The molecule has 0 aromatic heterocycles. The van der Waals surface area contributed by atoms with E-state index >= 15 is 0 Å². The highest BCUT2D eigenvalue weighted by Crippen LogP contribution is 2.30. The van der Waals surface area contributed by atoms with E-state index in [1.54, 1.807) is 0 Å². The van der Waals surface area contributed by atoms with Crippen molar-refractivity contribution < 1.29 is 0 Å². The number of benzene rings is 1. The minimum atomic E-state index is 0.517. The Morgan fingerprint density at radius 3 is 2.29 bits per heavy atom. The molecule has 21 heavy (non-hydrogen) atoms. The van der Waals surface area contributed by atoms with E-state index in [1.807, 2.05) is 0 Å². The van der Waals surface area contributed by atoms with Crippen molar-refractivity contribution in [3.8, 4) is 0 Å². The molecule has 0 spiro atoms. The summed E-state index contributed by atoms with van der Waals surface area (Å²) in [6, 6.07) is 13.2. The van der Waals surface area contributed by atoms with Crippen molar-refractivity contribution >= 4 is 0 Å². The van der Waals surface area contributed by atoms with E-state index in [4.69, 9.17) is 0 Å². The van der Waals surface area contributed by atoms with Gasteiger partial charge < -0.3 is 10.2 Å². The predicted octanol–water partition coefficient (Wildman–Crippen LogP) is 3.99. The maximum absolute atomic E-state index is 3.96. The van der Waals surface area contributed by atoms with Crippen LogP contribution >= 0.6 is 0 Å². The second-order valence-corrected chi connectivity index (χ2v) is 7.30. The molecule has 1 saturated heterocycles. The summed E-state index contributed by atoms with van der Waals surface area (Å²) in [4.78, 5) is 2.71. The highest BCUT2D eigenvalue weighted by molar-refractivity contribution is 5.19. The minimum absolute atomic E-state index is 0.517. The van der Waals surface area contributed by atoms with Crippen molar-refractivity contribution in [2.45, 2.75) is 64.1 Å². The van der Waals surface area contributed by atoms with Crippen LogP contribution in [0.15, 0.2) is 30.3 Å². The highest BCUT2D eigenvalue weighted by atomic mass is 15.2. The average Bonchev–Trinajstić information content (AvgIpc) is 3.33. The van der Waals surface area contributed by atoms with Gasteiger partial charge in [-0.25, -0.2) is 0 Å². The Labute approximate surface area is 129 Å². The van der Waals surface area contributed by atoms with Crippen LogP contribution in [0.1, 0.15) is 57.6 Å². The first-order valence-corrected chi connectivity index (χ1v) is 8.77. The number of likely N-dealkylation sites (tertiary alicyclic amines) is 1. The second kappa shape index (κ2) is 6.93. The van der Waals surface area contributed by atoms with Gasteiger partial charge in [-0.1, -0.05) is 44.2 Å². The Morgan fingerprint density at radius 1 is 1.05 bits per heavy atom. The fraction of sp³-hybridized carbons (Fsp3) is 0.684. The molecule has 2 nitrogen and oxygen atoms in total. The van der Waals surface area contributed by atoms with Gasteiger partial charge in [0.1, 0.15) is 0 Å². The third kappa shape index (κ3) is 4.31. The number of nitrogens with one attached hydrogen (secondary N) is 1. The van der Waals surface area contributed by atoms with Gasteiger partial charge >= 0.3 is 0 Å². The van der Waals surface area contributed by atoms with E-state index in [1.165, 1.54) is 50.8 Å². The van der Waals surface area contributed by atoms with Crippen LogP contribution in [0.3, 0.4) is 0 Å². The monoisotopic (exact) mass is 286 g/mol. The van der Waals surface area contributed by atoms with Crippen LogP contribution in [0.2, 0.25) is 0 Å². The molecule has 1 saturated carbocycles. The Balaban J connectivity index is 1.56. The van der Waals surface area contributed by atoms with Crippen LogP contribution in [0.5, 0.6) is 0 Å². The molecule has 1 N–H and O–H groups in total. The minimum Gasteiger partial charge on any atom is -0.307 e. The van der Waals surface area contributed by atoms with Crippen molar-refractivity contribution in [2.24, 2.45) is 5.92 Å². The Bertz CT molecular complexity index is 416. The van der Waals surface area contributed by atoms with Crippen LogP contribution in [0.4, 0.5) is 0 Å². The van der Waals surface area contributed by atoms with Gasteiger partial charge in [-0.15, -0.1) is 0 Å². The Morgan fingerprint density at radius 2 is 1.71 bits per heavy atom. The second-order valence-electron chi connectivity index (χ2n) is 7.30. The van der Waals surface area contributed by atoms with Gasteiger partial charge in [0.15, 0.2) is 0 Å². The SMILES string of the molecule is CC(C)CC(NC1CCN(C2CC2)CC1)c1ccccc1. The molecule has 0 bridgehead atoms. The summed E-state index contributed by atoms with van der Waals surface area (Å²) in [6.07, 6.45) is 6.75. The zero-order valence-electron chi connectivity index (χ0n) is 13.6. The largest absolute Gasteiger partial charge is 0.307 e. The summed E-state index contributed by atoms with van der Waals surface area (Å²) in [5.74, 6) is 0.731. The summed E-state index contributed by atoms with van der Waals surface area (Å²) in [5.41, 5.74) is 1.45. The quantitative estimate of drug-likeness (QED) is 0.850. The van der Waals surface area contributed by atoms with E-state index in [0.29, 0.717) is 12.1 Å². The third-order valence-corrected chi connectivity index (χ3v) is 4.94. The number of nitrogens with zero attached hydrogens (tertiary/aromatic N) is 1. The first-order chi connectivity index (χ1) is 10.2. The number of hydrogen-bond acceptors (Lipinski definition) is 2. The number of rotatable bonds is 6. The average molecular weight is 286 g/mol. The van der Waals surface area contributed by atoms with Gasteiger partial charge in [0.05, 0.1) is 0 Å². The molecule has 1 aromatic carbocycles. The van der Waals surface area contributed by atoms with Gasteiger partial charge in [-0.3, -0.25) is 0 Å². The lowest BCUT2D eigenvalue weighted by atomic mass is 9.94. The van der Waals surface area contributed by atoms with Crippen molar-refractivity contribution in [1.29, 1.82) is 0 Å². The lowest BCUT2D eigenvalue weighted by Crippen LogP contribution is -2.44. The van der Waals surface area contributed by atoms with Gasteiger partial charge in [0, 0.05) is 18.1 Å². The maximum atomic E-state index is 3.96. The van der Waals surface area contributed by atoms with Gasteiger partial charge in [0.2, 0.25) is 0 Å². The van der Waals surface area contributed by atoms with Crippen molar-refractivity contribution in [2.75, 3.05) is 13.1 Å². The number of piperidine rings is 1. The smallest absolute Gasteiger partial charge is 0.0325 e. The summed E-state index contributed by atoms with van der Waals surface area (Å²) in [6.45, 7) is 7.25. The lowest BCUT2D eigenvalue weighted by Gasteiger charge is -2.35. The van der Waals surface area contributed by atoms with Gasteiger partial charge in [-0.2, -0.15) is 0 Å². The molecule has 2 heteroatoms. The molecular weight excluding hydrogens is 256 g/mol. The van der Waals surface area contributed by atoms with Crippen LogP contribution in [-0.2, 0) is 0 Å². The highest BCUT2D eigenvalue weighted by Gasteiger charge is 2.32. The molecule has 1 atom stereocenters. The lowest BCUT2D eigenvalue weighted by molar-refractivity contribution is 0.180. The molecule has 1 aliphatic heterocycles. The van der Waals surface area contributed by atoms with Crippen LogP contribution in [0, 0.1) is 5.92 Å². The maximum Gasteiger partial charge on any atom is 0.0325 e. The molecule has 1 unspecified atom stereocenters. The van der Waals surface area contributed by atoms with E-state index in [2.05, 4.69) is 54.4 Å². The van der Waals surface area contributed by atoms with Crippen molar-refractivity contribution in [1.82, 2.24) is 10.2 Å². The normalized spacial score (nSPS) is 22.6. The summed E-state index contributed by atoms with van der Waals surface area (Å²) in [7, 11) is 0. The molecule has 116 valence electrons. The molecule has 2 fully saturated rings. The molecule has 1 aromatic rings. The van der Waals surface area contributed by atoms with Crippen LogP contribution in [-0.4, -0.2) is 30.1 Å². The first kappa shape index (κ1) is 15.1. The zero-order valence-corrected chi connectivity index (χ0v) is 13.6. The Hall–Kier alpha value is -0.860. The molecule has 0 radical (unpaired) electrons. The fourth-order valence-electron chi connectivity index (χ4n) is 3.61. The molecular formula is C19H30N2. The zero-order chi connectivity index (χ0) is 14.7. The summed E-state index contributed by atoms with van der Waals surface area (Å²) in [5, 5.41) is 3.96. The van der Waals surface area contributed by atoms with Crippen molar-refractivity contribution in [3.05, 3.63) is 35.9 Å². The summed E-state index contributed by atoms with van der Waals surface area (Å²) >= 11 is 0. The Kier molecular flexibility index (Phi) is 4.97. The molecule has 1 aliphatic carbocycles. The van der Waals surface area contributed by atoms with Gasteiger partial charge in [-0.05, 0) is 56.7 Å². The van der Waals surface area contributed by atoms with E-state index < -0.39 is 0 Å². The van der Waals surface area contributed by atoms with E-state index in [-0.39, 0.29) is 0 Å². The summed E-state index contributed by atoms with van der Waals surface area (Å²) < 4.78 is 0. The van der Waals surface area contributed by atoms with Gasteiger partial charge in [0.25, 0.3) is 0 Å². The van der Waals surface area contributed by atoms with E-state index in [0.717, 1.165) is 12.0 Å². The van der Waals surface area contributed by atoms with Crippen LogP contribution < -0.4 is 5.32 Å². The van der Waals surface area contributed by atoms with Crippen molar-refractivity contribution in [3.63, 3.8) is 0 Å². The number of hydrogen-bond donors (Lipinski definition) is 1.